The Morgan fingerprint density at radius 1 is 0.795 bits per heavy atom. The number of esters is 1. The summed E-state index contributed by atoms with van der Waals surface area (Å²) in [7, 11) is -2.73. The van der Waals surface area contributed by atoms with E-state index in [1.54, 1.807) is 20.8 Å². The standard InChI is InChI=1S/C31H62O6PS/c1-8-11-13-15-16-17-18-20-22-25-39-29(23-21-19-14-12-9-2)27(6)37-28(7)31(33,30(32)36-26(4)5)38(34)35-24-10-3/h26-29,33H,8-25H2,1-7H3/q+1. The molecule has 5 unspecified atom stereocenters. The SMILES string of the molecule is CCCCCCCCCCCSC(CCCCCCC)C(C)OC(C)C(O)(C(=O)OC(C)C)[P+](=O)OCCC. The molecule has 0 saturated heterocycles. The van der Waals surface area contributed by atoms with Crippen molar-refractivity contribution < 1.29 is 28.5 Å². The van der Waals surface area contributed by atoms with Gasteiger partial charge in [0.05, 0.1) is 12.2 Å². The number of carbonyl (C=O) groups excluding carboxylic acids is 1. The molecule has 0 spiro atoms. The molecular weight excluding hydrogens is 531 g/mol. The highest BCUT2D eigenvalue weighted by atomic mass is 32.2. The van der Waals surface area contributed by atoms with Gasteiger partial charge in [-0.15, -0.1) is 4.52 Å². The summed E-state index contributed by atoms with van der Waals surface area (Å²) in [6.07, 6.45) is 17.8. The number of rotatable bonds is 27. The van der Waals surface area contributed by atoms with Crippen molar-refractivity contribution in [2.24, 2.45) is 0 Å². The number of carbonyl (C=O) groups is 1. The summed E-state index contributed by atoms with van der Waals surface area (Å²) in [6.45, 7) is 13.5. The maximum absolute atomic E-state index is 13.0. The molecule has 1 N–H and O–H groups in total. The van der Waals surface area contributed by atoms with Crippen LogP contribution in [0.3, 0.4) is 0 Å². The number of aliphatic hydroxyl groups is 1. The van der Waals surface area contributed by atoms with Crippen molar-refractivity contribution in [1.29, 1.82) is 0 Å². The lowest BCUT2D eigenvalue weighted by molar-refractivity contribution is -0.175. The number of unbranched alkanes of at least 4 members (excludes halogenated alkanes) is 12. The van der Waals surface area contributed by atoms with Gasteiger partial charge in [-0.3, -0.25) is 0 Å². The summed E-state index contributed by atoms with van der Waals surface area (Å²) in [4.78, 5) is 12.9. The zero-order valence-electron chi connectivity index (χ0n) is 26.4. The summed E-state index contributed by atoms with van der Waals surface area (Å²) < 4.78 is 29.9. The van der Waals surface area contributed by atoms with Crippen LogP contribution in [0, 0.1) is 0 Å². The Balaban J connectivity index is 5.10. The van der Waals surface area contributed by atoms with E-state index in [0.29, 0.717) is 6.42 Å². The summed E-state index contributed by atoms with van der Waals surface area (Å²) in [6, 6.07) is 0. The van der Waals surface area contributed by atoms with Crippen molar-refractivity contribution in [1.82, 2.24) is 0 Å². The van der Waals surface area contributed by atoms with Gasteiger partial charge in [0.2, 0.25) is 0 Å². The molecule has 0 aliphatic rings. The molecule has 6 nitrogen and oxygen atoms in total. The van der Waals surface area contributed by atoms with Gasteiger partial charge in [-0.05, 0) is 57.3 Å². The Bertz CT molecular complexity index is 620. The van der Waals surface area contributed by atoms with Crippen LogP contribution in [0.4, 0.5) is 0 Å². The molecule has 0 bridgehead atoms. The minimum Gasteiger partial charge on any atom is -0.457 e. The van der Waals surface area contributed by atoms with E-state index in [4.69, 9.17) is 14.0 Å². The number of hydrogen-bond acceptors (Lipinski definition) is 7. The predicted octanol–water partition coefficient (Wildman–Crippen LogP) is 9.58. The molecule has 0 rings (SSSR count). The van der Waals surface area contributed by atoms with Crippen molar-refractivity contribution in [3.63, 3.8) is 0 Å². The van der Waals surface area contributed by atoms with Crippen LogP contribution in [0.15, 0.2) is 0 Å². The maximum Gasteiger partial charge on any atom is 0.559 e. The Kier molecular flexibility index (Phi) is 24.3. The molecule has 0 aliphatic heterocycles. The van der Waals surface area contributed by atoms with Crippen LogP contribution in [0.1, 0.15) is 151 Å². The number of thioether (sulfide) groups is 1. The predicted molar refractivity (Wildman–Crippen MR) is 167 cm³/mol. The highest BCUT2D eigenvalue weighted by Crippen LogP contribution is 2.44. The van der Waals surface area contributed by atoms with E-state index >= 15 is 0 Å². The lowest BCUT2D eigenvalue weighted by Gasteiger charge is -2.30. The third-order valence-electron chi connectivity index (χ3n) is 7.02. The van der Waals surface area contributed by atoms with Crippen LogP contribution in [-0.2, 0) is 23.4 Å². The van der Waals surface area contributed by atoms with Crippen molar-refractivity contribution in [2.75, 3.05) is 12.4 Å². The molecule has 0 aromatic heterocycles. The van der Waals surface area contributed by atoms with E-state index in [2.05, 4.69) is 13.8 Å². The van der Waals surface area contributed by atoms with E-state index in [9.17, 15) is 14.5 Å². The first-order chi connectivity index (χ1) is 18.6. The zero-order chi connectivity index (χ0) is 29.5. The van der Waals surface area contributed by atoms with Gasteiger partial charge < -0.3 is 14.6 Å². The maximum atomic E-state index is 13.0. The van der Waals surface area contributed by atoms with E-state index in [-0.39, 0.29) is 18.0 Å². The van der Waals surface area contributed by atoms with Crippen LogP contribution in [-0.4, -0.2) is 52.3 Å². The Hall–Kier alpha value is -0.200. The molecule has 0 heterocycles. The Labute approximate surface area is 246 Å². The Morgan fingerprint density at radius 3 is 1.82 bits per heavy atom. The average molecular weight is 594 g/mol. The third kappa shape index (κ3) is 17.4. The molecular formula is C31H62O6PS+. The first kappa shape index (κ1) is 38.8. The molecule has 39 heavy (non-hydrogen) atoms. The van der Waals surface area contributed by atoms with Crippen LogP contribution < -0.4 is 0 Å². The van der Waals surface area contributed by atoms with Crippen molar-refractivity contribution >= 4 is 25.8 Å². The fourth-order valence-electron chi connectivity index (χ4n) is 4.52. The van der Waals surface area contributed by atoms with E-state index in [0.717, 1.165) is 18.6 Å². The normalized spacial score (nSPS) is 16.1. The van der Waals surface area contributed by atoms with Gasteiger partial charge in [0.15, 0.2) is 0 Å². The van der Waals surface area contributed by atoms with Crippen LogP contribution in [0.5, 0.6) is 0 Å². The minimum absolute atomic E-state index is 0.184. The molecule has 0 amide bonds. The lowest BCUT2D eigenvalue weighted by atomic mass is 10.1. The topological polar surface area (TPSA) is 82.1 Å². The van der Waals surface area contributed by atoms with Crippen molar-refractivity contribution in [2.45, 2.75) is 180 Å². The molecule has 5 atom stereocenters. The second-order valence-electron chi connectivity index (χ2n) is 11.2. The van der Waals surface area contributed by atoms with Gasteiger partial charge in [-0.25, -0.2) is 4.79 Å². The quantitative estimate of drug-likeness (QED) is 0.0577. The van der Waals surface area contributed by atoms with Crippen molar-refractivity contribution in [3.8, 4) is 0 Å². The first-order valence-electron chi connectivity index (χ1n) is 16.0. The van der Waals surface area contributed by atoms with Crippen LogP contribution in [0.25, 0.3) is 0 Å². The van der Waals surface area contributed by atoms with Gasteiger partial charge in [0.1, 0.15) is 12.7 Å². The van der Waals surface area contributed by atoms with E-state index < -0.39 is 31.5 Å². The molecule has 0 aromatic rings. The number of hydrogen-bond donors (Lipinski definition) is 1. The monoisotopic (exact) mass is 593 g/mol. The summed E-state index contributed by atoms with van der Waals surface area (Å²) in [5, 5.41) is 9.23. The van der Waals surface area contributed by atoms with Gasteiger partial charge in [-0.1, -0.05) is 104 Å². The third-order valence-corrected chi connectivity index (χ3v) is 10.1. The molecule has 0 aliphatic carbocycles. The second-order valence-corrected chi connectivity index (χ2v) is 14.0. The van der Waals surface area contributed by atoms with Gasteiger partial charge in [-0.2, -0.15) is 11.8 Å². The average Bonchev–Trinajstić information content (AvgIpc) is 2.90. The summed E-state index contributed by atoms with van der Waals surface area (Å²) in [5.41, 5.74) is 0. The minimum atomic E-state index is -2.73. The molecule has 0 aromatic carbocycles. The van der Waals surface area contributed by atoms with Gasteiger partial charge in [0.25, 0.3) is 0 Å². The molecule has 8 heteroatoms. The van der Waals surface area contributed by atoms with Crippen LogP contribution >= 0.6 is 19.8 Å². The van der Waals surface area contributed by atoms with E-state index in [1.807, 2.05) is 25.6 Å². The second kappa shape index (κ2) is 24.4. The Morgan fingerprint density at radius 2 is 1.31 bits per heavy atom. The van der Waals surface area contributed by atoms with E-state index in [1.165, 1.54) is 83.5 Å². The lowest BCUT2D eigenvalue weighted by Crippen LogP contribution is -2.50. The summed E-state index contributed by atoms with van der Waals surface area (Å²) in [5.74, 6) is 0.123. The fraction of sp³-hybridized carbons (Fsp3) is 0.968. The zero-order valence-corrected chi connectivity index (χ0v) is 28.1. The molecule has 0 saturated carbocycles. The number of ether oxygens (including phenoxy) is 2. The van der Waals surface area contributed by atoms with Crippen LogP contribution in [0.2, 0.25) is 0 Å². The van der Waals surface area contributed by atoms with Gasteiger partial charge >= 0.3 is 19.3 Å². The van der Waals surface area contributed by atoms with Crippen molar-refractivity contribution in [3.05, 3.63) is 0 Å². The molecule has 0 radical (unpaired) electrons. The molecule has 0 fully saturated rings. The smallest absolute Gasteiger partial charge is 0.457 e. The molecule has 232 valence electrons. The first-order valence-corrected chi connectivity index (χ1v) is 18.2. The summed E-state index contributed by atoms with van der Waals surface area (Å²) >= 11 is 1.94. The largest absolute Gasteiger partial charge is 0.559 e. The highest BCUT2D eigenvalue weighted by Gasteiger charge is 2.64. The fourth-order valence-corrected chi connectivity index (χ4v) is 6.96. The van der Waals surface area contributed by atoms with Gasteiger partial charge in [0, 0.05) is 5.25 Å². The highest BCUT2D eigenvalue weighted by molar-refractivity contribution is 7.99.